The lowest BCUT2D eigenvalue weighted by Crippen LogP contribution is -2.61. The van der Waals surface area contributed by atoms with Crippen LogP contribution in [0.15, 0.2) is 30.3 Å². The van der Waals surface area contributed by atoms with Crippen LogP contribution in [0.5, 0.6) is 0 Å². The van der Waals surface area contributed by atoms with Gasteiger partial charge in [-0.3, -0.25) is 9.69 Å². The molecule has 1 fully saturated rings. The number of benzene rings is 1. The van der Waals surface area contributed by atoms with Gasteiger partial charge in [0.05, 0.1) is 6.07 Å². The van der Waals surface area contributed by atoms with E-state index >= 15 is 0 Å². The van der Waals surface area contributed by atoms with Gasteiger partial charge < -0.3 is 4.74 Å². The van der Waals surface area contributed by atoms with Crippen LogP contribution in [0.1, 0.15) is 52.5 Å². The van der Waals surface area contributed by atoms with Gasteiger partial charge in [-0.05, 0) is 33.3 Å². The molecule has 1 saturated heterocycles. The van der Waals surface area contributed by atoms with Gasteiger partial charge in [0, 0.05) is 30.5 Å². The third kappa shape index (κ3) is 4.33. The number of piperidine rings is 1. The molecule has 0 unspecified atom stereocenters. The van der Waals surface area contributed by atoms with Gasteiger partial charge in [-0.25, -0.2) is 0 Å². The minimum absolute atomic E-state index is 0.0881. The predicted octanol–water partition coefficient (Wildman–Crippen LogP) is 3.67. The Morgan fingerprint density at radius 1 is 1.22 bits per heavy atom. The number of ether oxygens (including phenoxy) is 1. The Morgan fingerprint density at radius 2 is 1.78 bits per heavy atom. The Balaban J connectivity index is 2.13. The van der Waals surface area contributed by atoms with Crippen LogP contribution in [0.25, 0.3) is 0 Å². The minimum Gasteiger partial charge on any atom is -0.461 e. The van der Waals surface area contributed by atoms with E-state index in [1.54, 1.807) is 0 Å². The summed E-state index contributed by atoms with van der Waals surface area (Å²) in [4.78, 5) is 14.1. The van der Waals surface area contributed by atoms with E-state index in [4.69, 9.17) is 10.00 Å². The number of hydrogen-bond acceptors (Lipinski definition) is 4. The van der Waals surface area contributed by atoms with Gasteiger partial charge in [-0.2, -0.15) is 5.26 Å². The molecule has 0 aromatic heterocycles. The highest BCUT2D eigenvalue weighted by atomic mass is 16.5. The van der Waals surface area contributed by atoms with E-state index < -0.39 is 5.97 Å². The third-order valence-electron chi connectivity index (χ3n) is 4.62. The Hall–Kier alpha value is -1.86. The van der Waals surface area contributed by atoms with Crippen LogP contribution in [0.2, 0.25) is 0 Å². The normalized spacial score (nSPS) is 20.7. The topological polar surface area (TPSA) is 53.3 Å². The summed E-state index contributed by atoms with van der Waals surface area (Å²) in [5.74, 6) is -0.416. The van der Waals surface area contributed by atoms with Crippen LogP contribution in [-0.2, 0) is 16.1 Å². The second kappa shape index (κ2) is 6.72. The van der Waals surface area contributed by atoms with E-state index in [2.05, 4.69) is 56.9 Å². The number of nitriles is 1. The quantitative estimate of drug-likeness (QED) is 0.796. The van der Waals surface area contributed by atoms with Crippen molar-refractivity contribution in [3.63, 3.8) is 0 Å². The highest BCUT2D eigenvalue weighted by Crippen LogP contribution is 2.40. The molecule has 1 heterocycles. The molecule has 124 valence electrons. The third-order valence-corrected chi connectivity index (χ3v) is 4.62. The lowest BCUT2D eigenvalue weighted by molar-refractivity contribution is -0.160. The maximum Gasteiger partial charge on any atom is 0.320 e. The Morgan fingerprint density at radius 3 is 2.30 bits per heavy atom. The minimum atomic E-state index is -0.416. The molecule has 1 aromatic rings. The zero-order valence-electron chi connectivity index (χ0n) is 14.5. The molecule has 0 amide bonds. The van der Waals surface area contributed by atoms with Crippen molar-refractivity contribution in [1.82, 2.24) is 4.90 Å². The molecule has 1 aliphatic rings. The summed E-state index contributed by atoms with van der Waals surface area (Å²) in [6.45, 7) is 9.66. The van der Waals surface area contributed by atoms with Crippen molar-refractivity contribution in [2.75, 3.05) is 0 Å². The summed E-state index contributed by atoms with van der Waals surface area (Å²) in [6.07, 6.45) is 1.25. The molecule has 23 heavy (non-hydrogen) atoms. The van der Waals surface area contributed by atoms with Crippen molar-refractivity contribution >= 4 is 5.97 Å². The van der Waals surface area contributed by atoms with E-state index in [-0.39, 0.29) is 23.6 Å². The van der Waals surface area contributed by atoms with E-state index in [0.29, 0.717) is 0 Å². The van der Waals surface area contributed by atoms with E-state index in [1.165, 1.54) is 5.56 Å². The van der Waals surface area contributed by atoms with E-state index in [1.807, 2.05) is 12.1 Å². The van der Waals surface area contributed by atoms with Gasteiger partial charge >= 0.3 is 5.97 Å². The lowest BCUT2D eigenvalue weighted by Gasteiger charge is -2.55. The molecular formula is C19H26N2O2. The summed E-state index contributed by atoms with van der Waals surface area (Å²) in [5.41, 5.74) is 1.11. The second-order valence-electron chi connectivity index (χ2n) is 7.55. The zero-order chi connectivity index (χ0) is 17.1. The number of carbonyl (C=O) groups excluding carboxylic acids is 1. The van der Waals surface area contributed by atoms with Gasteiger partial charge in [-0.1, -0.05) is 30.3 Å². The summed E-state index contributed by atoms with van der Waals surface area (Å²) in [7, 11) is 0. The lowest BCUT2D eigenvalue weighted by atomic mass is 9.77. The maximum absolute atomic E-state index is 11.6. The van der Waals surface area contributed by atoms with Crippen molar-refractivity contribution in [2.24, 2.45) is 0 Å². The Bertz CT molecular complexity index is 569. The first-order valence-corrected chi connectivity index (χ1v) is 8.13. The van der Waals surface area contributed by atoms with Crippen LogP contribution in [0.3, 0.4) is 0 Å². The van der Waals surface area contributed by atoms with Crippen LogP contribution < -0.4 is 0 Å². The Kier molecular flexibility index (Phi) is 5.11. The molecule has 1 aromatic carbocycles. The molecule has 1 aliphatic heterocycles. The van der Waals surface area contributed by atoms with Gasteiger partial charge in [0.1, 0.15) is 12.5 Å². The predicted molar refractivity (Wildman–Crippen MR) is 89.5 cm³/mol. The van der Waals surface area contributed by atoms with Gasteiger partial charge in [0.25, 0.3) is 0 Å². The van der Waals surface area contributed by atoms with Crippen molar-refractivity contribution in [3.05, 3.63) is 35.9 Å². The maximum atomic E-state index is 11.6. The standard InChI is InChI=1S/C19H26N2O2/c1-18(2)12-16(23-17(22)10-11-20)13-19(3,4)21(18)14-15-8-6-5-7-9-15/h5-9,16H,10,12-14H2,1-4H3. The fraction of sp³-hybridized carbons (Fsp3) is 0.579. The van der Waals surface area contributed by atoms with Gasteiger partial charge in [0.15, 0.2) is 0 Å². The first-order chi connectivity index (χ1) is 10.7. The van der Waals surface area contributed by atoms with Crippen LogP contribution in [0.4, 0.5) is 0 Å². The first-order valence-electron chi connectivity index (χ1n) is 8.13. The van der Waals surface area contributed by atoms with Crippen molar-refractivity contribution in [3.8, 4) is 6.07 Å². The molecule has 0 spiro atoms. The molecule has 0 atom stereocenters. The fourth-order valence-corrected chi connectivity index (χ4v) is 3.80. The number of carbonyl (C=O) groups is 1. The van der Waals surface area contributed by atoms with Crippen LogP contribution in [0, 0.1) is 11.3 Å². The molecule has 0 N–H and O–H groups in total. The molecular weight excluding hydrogens is 288 g/mol. The van der Waals surface area contributed by atoms with Crippen LogP contribution in [-0.4, -0.2) is 28.1 Å². The number of rotatable bonds is 4. The van der Waals surface area contributed by atoms with E-state index in [9.17, 15) is 4.79 Å². The average Bonchev–Trinajstić information content (AvgIpc) is 2.43. The zero-order valence-corrected chi connectivity index (χ0v) is 14.5. The highest BCUT2D eigenvalue weighted by molar-refractivity contribution is 5.71. The summed E-state index contributed by atoms with van der Waals surface area (Å²) >= 11 is 0. The van der Waals surface area contributed by atoms with Crippen molar-refractivity contribution in [2.45, 2.75) is 70.7 Å². The fourth-order valence-electron chi connectivity index (χ4n) is 3.80. The second-order valence-corrected chi connectivity index (χ2v) is 7.55. The molecule has 4 nitrogen and oxygen atoms in total. The molecule has 0 radical (unpaired) electrons. The number of likely N-dealkylation sites (tertiary alicyclic amines) is 1. The number of nitrogens with zero attached hydrogens (tertiary/aromatic N) is 2. The first kappa shape index (κ1) is 17.5. The summed E-state index contributed by atoms with van der Waals surface area (Å²) in [5, 5.41) is 8.62. The Labute approximate surface area is 139 Å². The SMILES string of the molecule is CC1(C)CC(OC(=O)CC#N)CC(C)(C)N1Cc1ccccc1. The summed E-state index contributed by atoms with van der Waals surface area (Å²) in [6, 6.07) is 12.3. The summed E-state index contributed by atoms with van der Waals surface area (Å²) < 4.78 is 5.51. The van der Waals surface area contributed by atoms with Gasteiger partial charge in [-0.15, -0.1) is 0 Å². The molecule has 0 bridgehead atoms. The number of hydrogen-bond donors (Lipinski definition) is 0. The van der Waals surface area contributed by atoms with E-state index in [0.717, 1.165) is 19.4 Å². The average molecular weight is 314 g/mol. The monoisotopic (exact) mass is 314 g/mol. The number of esters is 1. The van der Waals surface area contributed by atoms with Crippen molar-refractivity contribution < 1.29 is 9.53 Å². The molecule has 0 aliphatic carbocycles. The van der Waals surface area contributed by atoms with Crippen LogP contribution >= 0.6 is 0 Å². The molecule has 4 heteroatoms. The highest BCUT2D eigenvalue weighted by Gasteiger charge is 2.46. The van der Waals surface area contributed by atoms with Gasteiger partial charge in [0.2, 0.25) is 0 Å². The smallest absolute Gasteiger partial charge is 0.320 e. The molecule has 2 rings (SSSR count). The molecule has 0 saturated carbocycles. The largest absolute Gasteiger partial charge is 0.461 e. The van der Waals surface area contributed by atoms with Crippen molar-refractivity contribution in [1.29, 1.82) is 5.26 Å².